The van der Waals surface area contributed by atoms with Gasteiger partial charge in [-0.3, -0.25) is 10.1 Å². The SMILES string of the molecule is C[C@@H]1Cc2c([nH]c3ccccc23)[C@@]2(N1)C(=O)Nc1ccccc12. The zero-order valence-corrected chi connectivity index (χ0v) is 12.8. The number of hydrogen-bond acceptors (Lipinski definition) is 2. The molecule has 1 amide bonds. The van der Waals surface area contributed by atoms with E-state index in [1.54, 1.807) is 0 Å². The number of nitrogens with one attached hydrogen (secondary N) is 3. The van der Waals surface area contributed by atoms with Crippen molar-refractivity contribution < 1.29 is 4.79 Å². The number of fused-ring (bicyclic) bond motifs is 6. The van der Waals surface area contributed by atoms with Crippen molar-refractivity contribution in [1.82, 2.24) is 10.3 Å². The molecule has 5 rings (SSSR count). The third-order valence-corrected chi connectivity index (χ3v) is 5.08. The van der Waals surface area contributed by atoms with Gasteiger partial charge >= 0.3 is 0 Å². The lowest BCUT2D eigenvalue weighted by molar-refractivity contribution is -0.121. The molecule has 2 aliphatic rings. The van der Waals surface area contributed by atoms with E-state index in [-0.39, 0.29) is 11.9 Å². The molecule has 2 aromatic carbocycles. The van der Waals surface area contributed by atoms with Crippen LogP contribution in [0.2, 0.25) is 0 Å². The predicted molar refractivity (Wildman–Crippen MR) is 90.5 cm³/mol. The van der Waals surface area contributed by atoms with Gasteiger partial charge in [0.2, 0.25) is 0 Å². The van der Waals surface area contributed by atoms with Gasteiger partial charge in [-0.1, -0.05) is 36.4 Å². The largest absolute Gasteiger partial charge is 0.356 e. The van der Waals surface area contributed by atoms with Crippen LogP contribution in [0.15, 0.2) is 48.5 Å². The Bertz CT molecular complexity index is 958. The maximum Gasteiger partial charge on any atom is 0.255 e. The highest BCUT2D eigenvalue weighted by molar-refractivity contribution is 6.09. The molecule has 3 N–H and O–H groups in total. The zero-order valence-electron chi connectivity index (χ0n) is 12.8. The molecule has 3 aromatic rings. The van der Waals surface area contributed by atoms with Gasteiger partial charge in [-0.2, -0.15) is 0 Å². The second-order valence-corrected chi connectivity index (χ2v) is 6.52. The third-order valence-electron chi connectivity index (χ3n) is 5.08. The standard InChI is InChI=1S/C19H17N3O/c1-11-10-13-12-6-2-4-8-15(12)20-17(13)19(22-11)14-7-3-5-9-16(14)21-18(19)23/h2-9,11,20,22H,10H2,1H3,(H,21,23)/t11-,19-/m1/s1. The van der Waals surface area contributed by atoms with Gasteiger partial charge in [0.05, 0.1) is 5.69 Å². The van der Waals surface area contributed by atoms with Crippen LogP contribution in [-0.2, 0) is 16.8 Å². The van der Waals surface area contributed by atoms with E-state index in [1.165, 1.54) is 10.9 Å². The van der Waals surface area contributed by atoms with Crippen molar-refractivity contribution in [2.75, 3.05) is 5.32 Å². The van der Waals surface area contributed by atoms with E-state index < -0.39 is 5.54 Å². The molecule has 1 spiro atoms. The summed E-state index contributed by atoms with van der Waals surface area (Å²) in [5.41, 5.74) is 4.40. The summed E-state index contributed by atoms with van der Waals surface area (Å²) in [4.78, 5) is 16.5. The molecular formula is C19H17N3O. The fraction of sp³-hybridized carbons (Fsp3) is 0.211. The molecule has 0 unspecified atom stereocenters. The lowest BCUT2D eigenvalue weighted by atomic mass is 9.80. The Kier molecular flexibility index (Phi) is 2.38. The Morgan fingerprint density at radius 1 is 1.09 bits per heavy atom. The Morgan fingerprint density at radius 3 is 2.78 bits per heavy atom. The van der Waals surface area contributed by atoms with Gasteiger partial charge in [0.1, 0.15) is 0 Å². The fourth-order valence-electron chi connectivity index (χ4n) is 4.18. The number of amides is 1. The second kappa shape index (κ2) is 4.24. The van der Waals surface area contributed by atoms with Crippen LogP contribution in [0.4, 0.5) is 5.69 Å². The third kappa shape index (κ3) is 1.51. The topological polar surface area (TPSA) is 56.9 Å². The molecule has 3 heterocycles. The first kappa shape index (κ1) is 12.9. The van der Waals surface area contributed by atoms with Gasteiger partial charge in [0.25, 0.3) is 5.91 Å². The molecule has 4 heteroatoms. The predicted octanol–water partition coefficient (Wildman–Crippen LogP) is 2.90. The van der Waals surface area contributed by atoms with Crippen molar-refractivity contribution >= 4 is 22.5 Å². The first-order valence-electron chi connectivity index (χ1n) is 7.99. The van der Waals surface area contributed by atoms with Gasteiger partial charge in [0, 0.05) is 28.2 Å². The summed E-state index contributed by atoms with van der Waals surface area (Å²) in [6.45, 7) is 2.14. The lowest BCUT2D eigenvalue weighted by Crippen LogP contribution is -2.56. The number of aromatic nitrogens is 1. The quantitative estimate of drug-likeness (QED) is 0.598. The van der Waals surface area contributed by atoms with Crippen molar-refractivity contribution in [2.24, 2.45) is 0 Å². The maximum atomic E-state index is 13.0. The van der Waals surface area contributed by atoms with E-state index in [4.69, 9.17) is 0 Å². The van der Waals surface area contributed by atoms with Crippen molar-refractivity contribution in [3.8, 4) is 0 Å². The first-order valence-corrected chi connectivity index (χ1v) is 7.99. The van der Waals surface area contributed by atoms with Crippen LogP contribution in [0.3, 0.4) is 0 Å². The summed E-state index contributed by atoms with van der Waals surface area (Å²) < 4.78 is 0. The van der Waals surface area contributed by atoms with Crippen LogP contribution >= 0.6 is 0 Å². The fourth-order valence-corrected chi connectivity index (χ4v) is 4.18. The van der Waals surface area contributed by atoms with Gasteiger partial charge in [-0.15, -0.1) is 0 Å². The number of rotatable bonds is 0. The molecule has 0 fully saturated rings. The molecule has 0 saturated heterocycles. The molecule has 1 aromatic heterocycles. The smallest absolute Gasteiger partial charge is 0.255 e. The van der Waals surface area contributed by atoms with Crippen molar-refractivity contribution in [2.45, 2.75) is 24.9 Å². The summed E-state index contributed by atoms with van der Waals surface area (Å²) in [6.07, 6.45) is 0.913. The van der Waals surface area contributed by atoms with Gasteiger partial charge in [-0.25, -0.2) is 0 Å². The monoisotopic (exact) mass is 303 g/mol. The summed E-state index contributed by atoms with van der Waals surface area (Å²) in [5.74, 6) is -0.00180. The second-order valence-electron chi connectivity index (χ2n) is 6.52. The number of anilines is 1. The molecule has 23 heavy (non-hydrogen) atoms. The number of H-pyrrole nitrogens is 1. The molecule has 114 valence electrons. The van der Waals surface area contributed by atoms with E-state index in [2.05, 4.69) is 40.7 Å². The summed E-state index contributed by atoms with van der Waals surface area (Å²) in [7, 11) is 0. The van der Waals surface area contributed by atoms with Crippen LogP contribution in [0.1, 0.15) is 23.7 Å². The molecule has 0 aliphatic carbocycles. The highest BCUT2D eigenvalue weighted by Crippen LogP contribution is 2.45. The average Bonchev–Trinajstić information content (AvgIpc) is 3.05. The average molecular weight is 303 g/mol. The van der Waals surface area contributed by atoms with Crippen LogP contribution in [0.5, 0.6) is 0 Å². The van der Waals surface area contributed by atoms with Crippen molar-refractivity contribution in [1.29, 1.82) is 0 Å². The van der Waals surface area contributed by atoms with Crippen LogP contribution in [-0.4, -0.2) is 16.9 Å². The highest BCUT2D eigenvalue weighted by atomic mass is 16.2. The van der Waals surface area contributed by atoms with Gasteiger partial charge in [-0.05, 0) is 31.0 Å². The maximum absolute atomic E-state index is 13.0. The van der Waals surface area contributed by atoms with Crippen LogP contribution < -0.4 is 10.6 Å². The minimum atomic E-state index is -0.817. The molecule has 2 atom stereocenters. The Morgan fingerprint density at radius 2 is 1.87 bits per heavy atom. The van der Waals surface area contributed by atoms with E-state index >= 15 is 0 Å². The summed E-state index contributed by atoms with van der Waals surface area (Å²) >= 11 is 0. The van der Waals surface area contributed by atoms with E-state index in [9.17, 15) is 4.79 Å². The van der Waals surface area contributed by atoms with Crippen molar-refractivity contribution in [3.63, 3.8) is 0 Å². The van der Waals surface area contributed by atoms with E-state index in [0.717, 1.165) is 28.9 Å². The molecule has 0 radical (unpaired) electrons. The molecule has 2 aliphatic heterocycles. The Hall–Kier alpha value is -2.59. The highest BCUT2D eigenvalue weighted by Gasteiger charge is 2.53. The molecule has 4 nitrogen and oxygen atoms in total. The molecule has 0 bridgehead atoms. The zero-order chi connectivity index (χ0) is 15.6. The number of carbonyl (C=O) groups excluding carboxylic acids is 1. The number of benzene rings is 2. The summed E-state index contributed by atoms with van der Waals surface area (Å²) in [5, 5.41) is 7.83. The van der Waals surface area contributed by atoms with E-state index in [1.807, 2.05) is 30.3 Å². The number of carbonyl (C=O) groups is 1. The number of aromatic amines is 1. The number of hydrogen-bond donors (Lipinski definition) is 3. The van der Waals surface area contributed by atoms with Crippen molar-refractivity contribution in [3.05, 3.63) is 65.4 Å². The van der Waals surface area contributed by atoms with Crippen LogP contribution in [0.25, 0.3) is 10.9 Å². The minimum Gasteiger partial charge on any atom is -0.356 e. The normalized spacial score (nSPS) is 25.4. The Labute approximate surface area is 133 Å². The Balaban J connectivity index is 1.88. The molecule has 0 saturated carbocycles. The molecular weight excluding hydrogens is 286 g/mol. The summed E-state index contributed by atoms with van der Waals surface area (Å²) in [6, 6.07) is 16.5. The van der Waals surface area contributed by atoms with E-state index in [0.29, 0.717) is 0 Å². The van der Waals surface area contributed by atoms with Gasteiger partial charge in [0.15, 0.2) is 5.54 Å². The number of para-hydroxylation sites is 2. The van der Waals surface area contributed by atoms with Gasteiger partial charge < -0.3 is 10.3 Å². The minimum absolute atomic E-state index is 0.00180. The van der Waals surface area contributed by atoms with Crippen LogP contribution in [0, 0.1) is 0 Å². The lowest BCUT2D eigenvalue weighted by Gasteiger charge is -2.37. The first-order chi connectivity index (χ1) is 11.2.